The molecule has 3 heteroatoms. The predicted octanol–water partition coefficient (Wildman–Crippen LogP) is 2.40. The third-order valence-electron chi connectivity index (χ3n) is 2.01. The number of benzene rings is 1. The Labute approximate surface area is 81.7 Å². The SMILES string of the molecule is CC(=O)Oc1cc2cc(C)ccc2[nH]1. The molecule has 1 aromatic heterocycles. The van der Waals surface area contributed by atoms with Crippen molar-refractivity contribution >= 4 is 16.9 Å². The Kier molecular flexibility index (Phi) is 2.00. The second kappa shape index (κ2) is 3.18. The number of rotatable bonds is 1. The molecule has 14 heavy (non-hydrogen) atoms. The van der Waals surface area contributed by atoms with Gasteiger partial charge < -0.3 is 9.72 Å². The molecule has 1 N–H and O–H groups in total. The van der Waals surface area contributed by atoms with Crippen LogP contribution >= 0.6 is 0 Å². The summed E-state index contributed by atoms with van der Waals surface area (Å²) in [5, 5.41) is 1.06. The van der Waals surface area contributed by atoms with Gasteiger partial charge in [-0.1, -0.05) is 11.6 Å². The number of aromatic nitrogens is 1. The molecule has 0 aliphatic heterocycles. The second-order valence-electron chi connectivity index (χ2n) is 3.32. The molecule has 0 amide bonds. The molecular weight excluding hydrogens is 178 g/mol. The Morgan fingerprint density at radius 3 is 2.86 bits per heavy atom. The van der Waals surface area contributed by atoms with E-state index in [9.17, 15) is 4.79 Å². The highest BCUT2D eigenvalue weighted by Gasteiger charge is 2.03. The predicted molar refractivity (Wildman–Crippen MR) is 54.3 cm³/mol. The van der Waals surface area contributed by atoms with Crippen LogP contribution in [-0.4, -0.2) is 11.0 Å². The molecule has 0 atom stereocenters. The molecule has 0 saturated heterocycles. The van der Waals surface area contributed by atoms with Crippen molar-refractivity contribution in [2.24, 2.45) is 0 Å². The monoisotopic (exact) mass is 189 g/mol. The van der Waals surface area contributed by atoms with Gasteiger partial charge in [0.15, 0.2) is 0 Å². The molecule has 0 radical (unpaired) electrons. The van der Waals surface area contributed by atoms with E-state index in [1.165, 1.54) is 12.5 Å². The molecule has 0 spiro atoms. The number of aryl methyl sites for hydroxylation is 1. The molecule has 1 aromatic carbocycles. The maximum Gasteiger partial charge on any atom is 0.309 e. The lowest BCUT2D eigenvalue weighted by molar-refractivity contribution is -0.132. The van der Waals surface area contributed by atoms with Gasteiger partial charge in [0, 0.05) is 23.9 Å². The lowest BCUT2D eigenvalue weighted by atomic mass is 10.2. The maximum atomic E-state index is 10.7. The summed E-state index contributed by atoms with van der Waals surface area (Å²) in [6, 6.07) is 7.84. The molecule has 0 aliphatic rings. The van der Waals surface area contributed by atoms with Crippen LogP contribution in [0.3, 0.4) is 0 Å². The van der Waals surface area contributed by atoms with Crippen molar-refractivity contribution in [2.75, 3.05) is 0 Å². The summed E-state index contributed by atoms with van der Waals surface area (Å²) in [7, 11) is 0. The van der Waals surface area contributed by atoms with Gasteiger partial charge in [0.2, 0.25) is 5.88 Å². The summed E-state index contributed by atoms with van der Waals surface area (Å²) in [6.07, 6.45) is 0. The zero-order chi connectivity index (χ0) is 10.1. The fourth-order valence-corrected chi connectivity index (χ4v) is 1.44. The van der Waals surface area contributed by atoms with Crippen LogP contribution < -0.4 is 4.74 Å². The van der Waals surface area contributed by atoms with E-state index < -0.39 is 0 Å². The number of nitrogens with one attached hydrogen (secondary N) is 1. The Morgan fingerprint density at radius 2 is 2.14 bits per heavy atom. The van der Waals surface area contributed by atoms with Gasteiger partial charge in [0.25, 0.3) is 0 Å². The summed E-state index contributed by atoms with van der Waals surface area (Å²) < 4.78 is 4.94. The number of aromatic amines is 1. The van der Waals surface area contributed by atoms with Crippen LogP contribution in [0.4, 0.5) is 0 Å². The van der Waals surface area contributed by atoms with E-state index in [4.69, 9.17) is 4.74 Å². The van der Waals surface area contributed by atoms with Crippen molar-refractivity contribution < 1.29 is 9.53 Å². The fraction of sp³-hybridized carbons (Fsp3) is 0.182. The molecule has 3 nitrogen and oxygen atoms in total. The van der Waals surface area contributed by atoms with Crippen molar-refractivity contribution in [3.63, 3.8) is 0 Å². The average Bonchev–Trinajstić information content (AvgIpc) is 2.44. The van der Waals surface area contributed by atoms with Crippen LogP contribution in [0.2, 0.25) is 0 Å². The van der Waals surface area contributed by atoms with E-state index >= 15 is 0 Å². The highest BCUT2D eigenvalue weighted by atomic mass is 16.5. The van der Waals surface area contributed by atoms with E-state index in [2.05, 4.69) is 4.98 Å². The smallest absolute Gasteiger partial charge is 0.309 e. The van der Waals surface area contributed by atoms with Gasteiger partial charge in [0.05, 0.1) is 0 Å². The van der Waals surface area contributed by atoms with E-state index in [1.807, 2.05) is 31.2 Å². The van der Waals surface area contributed by atoms with E-state index in [-0.39, 0.29) is 5.97 Å². The Balaban J connectivity index is 2.46. The molecule has 2 aromatic rings. The van der Waals surface area contributed by atoms with Gasteiger partial charge in [-0.2, -0.15) is 0 Å². The standard InChI is InChI=1S/C11H11NO2/c1-7-3-4-10-9(5-7)6-11(12-10)14-8(2)13/h3-6,12H,1-2H3. The first kappa shape index (κ1) is 8.81. The summed E-state index contributed by atoms with van der Waals surface area (Å²) in [4.78, 5) is 13.7. The Bertz CT molecular complexity index is 485. The molecule has 2 rings (SSSR count). The summed E-state index contributed by atoms with van der Waals surface area (Å²) in [5.74, 6) is 0.186. The highest BCUT2D eigenvalue weighted by Crippen LogP contribution is 2.21. The minimum absolute atomic E-state index is 0.312. The first-order chi connectivity index (χ1) is 6.65. The van der Waals surface area contributed by atoms with Crippen LogP contribution in [0.25, 0.3) is 10.9 Å². The molecule has 0 fully saturated rings. The van der Waals surface area contributed by atoms with Crippen LogP contribution in [0, 0.1) is 6.92 Å². The second-order valence-corrected chi connectivity index (χ2v) is 3.32. The number of esters is 1. The number of H-pyrrole nitrogens is 1. The Morgan fingerprint density at radius 1 is 1.36 bits per heavy atom. The number of carbonyl (C=O) groups is 1. The topological polar surface area (TPSA) is 42.1 Å². The Hall–Kier alpha value is -1.77. The minimum atomic E-state index is -0.312. The molecule has 0 aliphatic carbocycles. The molecular formula is C11H11NO2. The van der Waals surface area contributed by atoms with E-state index in [0.29, 0.717) is 5.88 Å². The molecule has 72 valence electrons. The summed E-state index contributed by atoms with van der Waals surface area (Å²) >= 11 is 0. The number of fused-ring (bicyclic) bond motifs is 1. The van der Waals surface area contributed by atoms with Gasteiger partial charge in [-0.25, -0.2) is 0 Å². The van der Waals surface area contributed by atoms with Crippen LogP contribution in [0.15, 0.2) is 24.3 Å². The fourth-order valence-electron chi connectivity index (χ4n) is 1.44. The van der Waals surface area contributed by atoms with Crippen LogP contribution in [0.1, 0.15) is 12.5 Å². The van der Waals surface area contributed by atoms with Crippen LogP contribution in [0.5, 0.6) is 5.88 Å². The van der Waals surface area contributed by atoms with Gasteiger partial charge in [-0.05, 0) is 19.1 Å². The van der Waals surface area contributed by atoms with Gasteiger partial charge in [-0.15, -0.1) is 0 Å². The average molecular weight is 189 g/mol. The van der Waals surface area contributed by atoms with Gasteiger partial charge >= 0.3 is 5.97 Å². The lowest BCUT2D eigenvalue weighted by Crippen LogP contribution is -2.00. The van der Waals surface area contributed by atoms with Crippen molar-refractivity contribution in [2.45, 2.75) is 13.8 Å². The molecule has 0 unspecified atom stereocenters. The third kappa shape index (κ3) is 1.62. The van der Waals surface area contributed by atoms with Crippen molar-refractivity contribution in [1.29, 1.82) is 0 Å². The number of hydrogen-bond donors (Lipinski definition) is 1. The molecule has 1 heterocycles. The lowest BCUT2D eigenvalue weighted by Gasteiger charge is -1.93. The zero-order valence-electron chi connectivity index (χ0n) is 8.13. The normalized spacial score (nSPS) is 10.4. The maximum absolute atomic E-state index is 10.7. The first-order valence-corrected chi connectivity index (χ1v) is 4.43. The van der Waals surface area contributed by atoms with Crippen molar-refractivity contribution in [3.05, 3.63) is 29.8 Å². The van der Waals surface area contributed by atoms with Crippen molar-refractivity contribution in [1.82, 2.24) is 4.98 Å². The van der Waals surface area contributed by atoms with Gasteiger partial charge in [-0.3, -0.25) is 4.79 Å². The molecule has 0 saturated carbocycles. The largest absolute Gasteiger partial charge is 0.410 e. The third-order valence-corrected chi connectivity index (χ3v) is 2.01. The zero-order valence-corrected chi connectivity index (χ0v) is 8.13. The number of hydrogen-bond acceptors (Lipinski definition) is 2. The van der Waals surface area contributed by atoms with Crippen LogP contribution in [-0.2, 0) is 4.79 Å². The first-order valence-electron chi connectivity index (χ1n) is 4.43. The highest BCUT2D eigenvalue weighted by molar-refractivity contribution is 5.83. The molecule has 0 bridgehead atoms. The number of carbonyl (C=O) groups excluding carboxylic acids is 1. The minimum Gasteiger partial charge on any atom is -0.410 e. The van der Waals surface area contributed by atoms with Crippen molar-refractivity contribution in [3.8, 4) is 5.88 Å². The van der Waals surface area contributed by atoms with Gasteiger partial charge in [0.1, 0.15) is 0 Å². The summed E-state index contributed by atoms with van der Waals surface area (Å²) in [6.45, 7) is 3.41. The number of ether oxygens (including phenoxy) is 1. The van der Waals surface area contributed by atoms with E-state index in [0.717, 1.165) is 10.9 Å². The van der Waals surface area contributed by atoms with E-state index in [1.54, 1.807) is 0 Å². The quantitative estimate of drug-likeness (QED) is 0.700. The summed E-state index contributed by atoms with van der Waals surface area (Å²) in [5.41, 5.74) is 2.16.